The van der Waals surface area contributed by atoms with Crippen LogP contribution in [0.25, 0.3) is 0 Å². The van der Waals surface area contributed by atoms with Crippen molar-refractivity contribution >= 4 is 35.8 Å². The fraction of sp³-hybridized carbons (Fsp3) is 0.471. The van der Waals surface area contributed by atoms with Crippen molar-refractivity contribution in [3.8, 4) is 6.07 Å². The molecular weight excluding hydrogens is 436 g/mol. The number of rotatable bonds is 4. The number of benzene rings is 1. The fourth-order valence-corrected chi connectivity index (χ4v) is 2.57. The minimum atomic E-state index is -0.378. The summed E-state index contributed by atoms with van der Waals surface area (Å²) < 4.78 is 13.8. The van der Waals surface area contributed by atoms with Crippen LogP contribution in [0, 0.1) is 17.1 Å². The summed E-state index contributed by atoms with van der Waals surface area (Å²) in [5.74, 6) is 0.342. The number of amides is 1. The quantitative estimate of drug-likeness (QED) is 0.410. The molecule has 1 amide bonds. The van der Waals surface area contributed by atoms with Crippen LogP contribution in [-0.4, -0.2) is 42.9 Å². The zero-order chi connectivity index (χ0) is 17.5. The smallest absolute Gasteiger partial charge is 0.222 e. The molecule has 0 radical (unpaired) electrons. The molecule has 2 rings (SSSR count). The molecule has 1 fully saturated rings. The first-order valence-electron chi connectivity index (χ1n) is 8.00. The molecule has 0 spiro atoms. The molecule has 6 nitrogen and oxygen atoms in total. The molecule has 8 heteroatoms. The summed E-state index contributed by atoms with van der Waals surface area (Å²) in [6, 6.07) is 6.35. The highest BCUT2D eigenvalue weighted by Gasteiger charge is 2.23. The highest BCUT2D eigenvalue weighted by atomic mass is 127. The Kier molecular flexibility index (Phi) is 8.61. The molecule has 1 unspecified atom stereocenters. The largest absolute Gasteiger partial charge is 0.357 e. The molecule has 1 aromatic carbocycles. The summed E-state index contributed by atoms with van der Waals surface area (Å²) in [5.41, 5.74) is 0.786. The number of likely N-dealkylation sites (N-methyl/N-ethyl adjacent to an activating group) is 1. The third-order valence-corrected chi connectivity index (χ3v) is 3.89. The van der Waals surface area contributed by atoms with Gasteiger partial charge in [0.2, 0.25) is 5.91 Å². The Morgan fingerprint density at radius 3 is 2.92 bits per heavy atom. The van der Waals surface area contributed by atoms with E-state index in [0.717, 1.165) is 6.42 Å². The van der Waals surface area contributed by atoms with Gasteiger partial charge >= 0.3 is 0 Å². The summed E-state index contributed by atoms with van der Waals surface area (Å²) >= 11 is 0. The minimum Gasteiger partial charge on any atom is -0.357 e. The van der Waals surface area contributed by atoms with E-state index < -0.39 is 0 Å². The van der Waals surface area contributed by atoms with E-state index in [4.69, 9.17) is 5.26 Å². The number of nitriles is 1. The van der Waals surface area contributed by atoms with E-state index in [-0.39, 0.29) is 48.3 Å². The second-order valence-corrected chi connectivity index (χ2v) is 5.77. The number of likely N-dealkylation sites (tertiary alicyclic amines) is 1. The number of nitrogens with one attached hydrogen (secondary N) is 2. The van der Waals surface area contributed by atoms with Gasteiger partial charge < -0.3 is 15.5 Å². The predicted octanol–water partition coefficient (Wildman–Crippen LogP) is 1.99. The van der Waals surface area contributed by atoms with E-state index in [1.807, 2.05) is 13.0 Å². The van der Waals surface area contributed by atoms with Gasteiger partial charge in [0.25, 0.3) is 0 Å². The van der Waals surface area contributed by atoms with Gasteiger partial charge in [-0.2, -0.15) is 5.26 Å². The Morgan fingerprint density at radius 1 is 1.52 bits per heavy atom. The number of halogens is 2. The second-order valence-electron chi connectivity index (χ2n) is 5.77. The molecule has 0 bridgehead atoms. The van der Waals surface area contributed by atoms with Crippen molar-refractivity contribution in [2.45, 2.75) is 32.4 Å². The Morgan fingerprint density at radius 2 is 2.28 bits per heavy atom. The van der Waals surface area contributed by atoms with Crippen LogP contribution in [0.15, 0.2) is 23.2 Å². The molecule has 0 aromatic heterocycles. The number of aliphatic imine (C=N–C) groups is 1. The molecule has 1 atom stereocenters. The zero-order valence-corrected chi connectivity index (χ0v) is 16.7. The normalized spacial score (nSPS) is 17.5. The second kappa shape index (κ2) is 10.2. The van der Waals surface area contributed by atoms with Gasteiger partial charge in [0.1, 0.15) is 5.82 Å². The van der Waals surface area contributed by atoms with E-state index in [9.17, 15) is 9.18 Å². The lowest BCUT2D eigenvalue weighted by Crippen LogP contribution is -2.51. The Hall–Kier alpha value is -1.89. The fourth-order valence-electron chi connectivity index (χ4n) is 2.57. The monoisotopic (exact) mass is 459 g/mol. The molecule has 1 aliphatic heterocycles. The van der Waals surface area contributed by atoms with Crippen molar-refractivity contribution in [3.05, 3.63) is 35.1 Å². The van der Waals surface area contributed by atoms with E-state index in [0.29, 0.717) is 36.6 Å². The van der Waals surface area contributed by atoms with Crippen molar-refractivity contribution in [2.75, 3.05) is 20.1 Å². The van der Waals surface area contributed by atoms with Crippen molar-refractivity contribution in [3.63, 3.8) is 0 Å². The average Bonchev–Trinajstić information content (AvgIpc) is 2.57. The molecule has 2 N–H and O–H groups in total. The standard InChI is InChI=1S/C17H22FN5O.HI/c1-3-20-17(22-14-5-7-16(24)23(2)11-14)21-10-13-8-12(9-19)4-6-15(13)18;/h4,6,8,14H,3,5,7,10-11H2,1-2H3,(H2,20,21,22);1H. The summed E-state index contributed by atoms with van der Waals surface area (Å²) in [6.45, 7) is 3.37. The van der Waals surface area contributed by atoms with Gasteiger partial charge in [-0.25, -0.2) is 9.38 Å². The zero-order valence-electron chi connectivity index (χ0n) is 14.4. The Bertz CT molecular complexity index is 673. The van der Waals surface area contributed by atoms with Gasteiger partial charge in [-0.05, 0) is 31.5 Å². The lowest BCUT2D eigenvalue weighted by atomic mass is 10.1. The lowest BCUT2D eigenvalue weighted by Gasteiger charge is -2.31. The number of piperidine rings is 1. The van der Waals surface area contributed by atoms with E-state index in [2.05, 4.69) is 15.6 Å². The molecule has 0 saturated carbocycles. The highest BCUT2D eigenvalue weighted by molar-refractivity contribution is 14.0. The number of carbonyl (C=O) groups excluding carboxylic acids is 1. The topological polar surface area (TPSA) is 80.5 Å². The molecular formula is C17H23FIN5O. The molecule has 25 heavy (non-hydrogen) atoms. The molecule has 136 valence electrons. The van der Waals surface area contributed by atoms with E-state index in [1.165, 1.54) is 18.2 Å². The van der Waals surface area contributed by atoms with Gasteiger partial charge in [0.05, 0.1) is 18.2 Å². The number of hydrogen-bond acceptors (Lipinski definition) is 3. The molecule has 0 aliphatic carbocycles. The Balaban J connectivity index is 0.00000312. The van der Waals surface area contributed by atoms with Crippen molar-refractivity contribution < 1.29 is 9.18 Å². The van der Waals surface area contributed by atoms with Crippen LogP contribution in [0.4, 0.5) is 4.39 Å². The summed E-state index contributed by atoms with van der Waals surface area (Å²) in [4.78, 5) is 17.6. The number of guanidine groups is 1. The van der Waals surface area contributed by atoms with Crippen LogP contribution in [0.3, 0.4) is 0 Å². The van der Waals surface area contributed by atoms with Crippen LogP contribution < -0.4 is 10.6 Å². The number of nitrogens with zero attached hydrogens (tertiary/aromatic N) is 3. The molecule has 1 heterocycles. The van der Waals surface area contributed by atoms with Crippen LogP contribution in [0.1, 0.15) is 30.9 Å². The van der Waals surface area contributed by atoms with Crippen molar-refractivity contribution in [1.82, 2.24) is 15.5 Å². The van der Waals surface area contributed by atoms with Crippen LogP contribution in [0.2, 0.25) is 0 Å². The third-order valence-electron chi connectivity index (χ3n) is 3.89. The van der Waals surface area contributed by atoms with E-state index in [1.54, 1.807) is 11.9 Å². The van der Waals surface area contributed by atoms with Crippen LogP contribution >= 0.6 is 24.0 Å². The first kappa shape index (κ1) is 21.2. The van der Waals surface area contributed by atoms with Gasteiger partial charge in [-0.1, -0.05) is 0 Å². The van der Waals surface area contributed by atoms with Crippen LogP contribution in [-0.2, 0) is 11.3 Å². The minimum absolute atomic E-state index is 0. The maximum atomic E-state index is 13.8. The summed E-state index contributed by atoms with van der Waals surface area (Å²) in [6.07, 6.45) is 1.25. The summed E-state index contributed by atoms with van der Waals surface area (Å²) in [7, 11) is 1.78. The first-order valence-corrected chi connectivity index (χ1v) is 8.00. The number of hydrogen-bond donors (Lipinski definition) is 2. The van der Waals surface area contributed by atoms with Gasteiger partial charge in [0, 0.05) is 38.2 Å². The summed E-state index contributed by atoms with van der Waals surface area (Å²) in [5, 5.41) is 15.3. The molecule has 1 aromatic rings. The van der Waals surface area contributed by atoms with Gasteiger partial charge in [-0.3, -0.25) is 4.79 Å². The highest BCUT2D eigenvalue weighted by Crippen LogP contribution is 2.12. The molecule has 1 saturated heterocycles. The lowest BCUT2D eigenvalue weighted by molar-refractivity contribution is -0.132. The molecule has 1 aliphatic rings. The maximum Gasteiger partial charge on any atom is 0.222 e. The third kappa shape index (κ3) is 6.16. The van der Waals surface area contributed by atoms with Crippen molar-refractivity contribution in [2.24, 2.45) is 4.99 Å². The van der Waals surface area contributed by atoms with Gasteiger partial charge in [-0.15, -0.1) is 24.0 Å². The first-order chi connectivity index (χ1) is 11.5. The SMILES string of the molecule is CCNC(=NCc1cc(C#N)ccc1F)NC1CCC(=O)N(C)C1.I. The Labute approximate surface area is 164 Å². The van der Waals surface area contributed by atoms with Gasteiger partial charge in [0.15, 0.2) is 5.96 Å². The predicted molar refractivity (Wildman–Crippen MR) is 105 cm³/mol. The van der Waals surface area contributed by atoms with Crippen molar-refractivity contribution in [1.29, 1.82) is 5.26 Å². The van der Waals surface area contributed by atoms with E-state index >= 15 is 0 Å². The average molecular weight is 459 g/mol. The maximum absolute atomic E-state index is 13.8. The number of carbonyl (C=O) groups is 1. The van der Waals surface area contributed by atoms with Crippen LogP contribution in [0.5, 0.6) is 0 Å².